The summed E-state index contributed by atoms with van der Waals surface area (Å²) in [4.78, 5) is 14.6. The van der Waals surface area contributed by atoms with E-state index in [2.05, 4.69) is 30.9 Å². The molecular weight excluding hydrogens is 416 g/mol. The number of thiocarbonyl (C=S) groups is 1. The standard InChI is InChI=1S/C21H24N6OS2/c1-4-28-17-9-7-16(8-10-17)25-21(29)27-19(22-13-18-6-5-11-30-18)26-20-23-14(2)12-15(3)24-20/h5-12H,4,13H2,1-3H3,(H3,22,23,24,25,26,27,29). The zero-order chi connectivity index (χ0) is 21.3. The lowest BCUT2D eigenvalue weighted by atomic mass is 10.3. The van der Waals surface area contributed by atoms with Gasteiger partial charge in [0.2, 0.25) is 11.9 Å². The van der Waals surface area contributed by atoms with Gasteiger partial charge in [-0.1, -0.05) is 6.07 Å². The third-order valence-electron chi connectivity index (χ3n) is 3.84. The molecule has 156 valence electrons. The van der Waals surface area contributed by atoms with Crippen LogP contribution in [0.25, 0.3) is 0 Å². The predicted octanol–water partition coefficient (Wildman–Crippen LogP) is 4.51. The molecule has 1 aromatic carbocycles. The number of aromatic nitrogens is 2. The van der Waals surface area contributed by atoms with Crippen molar-refractivity contribution in [1.82, 2.24) is 15.3 Å². The Balaban J connectivity index is 1.70. The minimum absolute atomic E-state index is 0.404. The van der Waals surface area contributed by atoms with Gasteiger partial charge in [0, 0.05) is 22.0 Å². The number of thiophene rings is 1. The van der Waals surface area contributed by atoms with Crippen LogP contribution >= 0.6 is 23.6 Å². The zero-order valence-corrected chi connectivity index (χ0v) is 18.7. The minimum atomic E-state index is 0.404. The van der Waals surface area contributed by atoms with Gasteiger partial charge in [-0.05, 0) is 74.8 Å². The topological polar surface area (TPSA) is 83.5 Å². The van der Waals surface area contributed by atoms with E-state index in [0.29, 0.717) is 30.2 Å². The second-order valence-corrected chi connectivity index (χ2v) is 7.82. The smallest absolute Gasteiger partial charge is 0.229 e. The number of nitrogens with zero attached hydrogens (tertiary/aromatic N) is 3. The van der Waals surface area contributed by atoms with E-state index in [0.717, 1.165) is 27.7 Å². The van der Waals surface area contributed by atoms with Gasteiger partial charge in [0.05, 0.1) is 13.2 Å². The summed E-state index contributed by atoms with van der Waals surface area (Å²) in [5.74, 6) is 1.75. The Kier molecular flexibility index (Phi) is 7.69. The van der Waals surface area contributed by atoms with Crippen LogP contribution in [0.1, 0.15) is 23.2 Å². The van der Waals surface area contributed by atoms with Crippen molar-refractivity contribution in [2.75, 3.05) is 17.2 Å². The zero-order valence-electron chi connectivity index (χ0n) is 17.1. The number of ether oxygens (including phenoxy) is 1. The van der Waals surface area contributed by atoms with Crippen molar-refractivity contribution < 1.29 is 4.74 Å². The number of aliphatic imine (C=N–C) groups is 1. The Bertz CT molecular complexity index is 983. The molecule has 30 heavy (non-hydrogen) atoms. The number of aryl methyl sites for hydroxylation is 2. The summed E-state index contributed by atoms with van der Waals surface area (Å²) in [6.45, 7) is 6.95. The van der Waals surface area contributed by atoms with E-state index in [1.54, 1.807) is 11.3 Å². The highest BCUT2D eigenvalue weighted by Crippen LogP contribution is 2.15. The molecule has 0 fully saturated rings. The number of guanidine groups is 1. The molecule has 3 aromatic rings. The molecule has 0 saturated heterocycles. The number of nitrogens with one attached hydrogen (secondary N) is 3. The van der Waals surface area contributed by atoms with Crippen molar-refractivity contribution >= 4 is 46.3 Å². The van der Waals surface area contributed by atoms with Gasteiger partial charge in [-0.3, -0.25) is 5.32 Å². The quantitative estimate of drug-likeness (QED) is 0.295. The molecule has 3 rings (SSSR count). The van der Waals surface area contributed by atoms with Crippen LogP contribution < -0.4 is 20.7 Å². The number of anilines is 2. The van der Waals surface area contributed by atoms with Gasteiger partial charge in [0.15, 0.2) is 5.11 Å². The van der Waals surface area contributed by atoms with E-state index in [1.165, 1.54) is 0 Å². The molecule has 7 nitrogen and oxygen atoms in total. The van der Waals surface area contributed by atoms with Crippen LogP contribution in [0.3, 0.4) is 0 Å². The highest BCUT2D eigenvalue weighted by atomic mass is 32.1. The Morgan fingerprint density at radius 2 is 1.83 bits per heavy atom. The lowest BCUT2D eigenvalue weighted by Gasteiger charge is -2.14. The van der Waals surface area contributed by atoms with Crippen LogP contribution in [0, 0.1) is 13.8 Å². The monoisotopic (exact) mass is 440 g/mol. The Morgan fingerprint density at radius 3 is 2.47 bits per heavy atom. The summed E-state index contributed by atoms with van der Waals surface area (Å²) in [5.41, 5.74) is 2.59. The molecule has 9 heteroatoms. The summed E-state index contributed by atoms with van der Waals surface area (Å²) in [6, 6.07) is 13.5. The SMILES string of the molecule is CCOc1ccc(NC(=S)NC(=NCc2cccs2)Nc2nc(C)cc(C)n2)cc1. The maximum absolute atomic E-state index is 5.47. The summed E-state index contributed by atoms with van der Waals surface area (Å²) < 4.78 is 5.47. The average Bonchev–Trinajstić information content (AvgIpc) is 3.21. The maximum Gasteiger partial charge on any atom is 0.229 e. The fraction of sp³-hybridized carbons (Fsp3) is 0.238. The van der Waals surface area contributed by atoms with Gasteiger partial charge in [0.25, 0.3) is 0 Å². The van der Waals surface area contributed by atoms with Crippen LogP contribution in [-0.4, -0.2) is 27.6 Å². The van der Waals surface area contributed by atoms with Gasteiger partial charge < -0.3 is 15.4 Å². The van der Waals surface area contributed by atoms with Crippen LogP contribution in [0.15, 0.2) is 52.8 Å². The van der Waals surface area contributed by atoms with Gasteiger partial charge in [-0.25, -0.2) is 15.0 Å². The van der Waals surface area contributed by atoms with E-state index in [1.807, 2.05) is 68.6 Å². The van der Waals surface area contributed by atoms with Crippen molar-refractivity contribution in [3.05, 3.63) is 64.1 Å². The summed E-state index contributed by atoms with van der Waals surface area (Å²) in [7, 11) is 0. The molecule has 0 amide bonds. The molecule has 3 N–H and O–H groups in total. The highest BCUT2D eigenvalue weighted by molar-refractivity contribution is 7.80. The fourth-order valence-electron chi connectivity index (χ4n) is 2.63. The largest absolute Gasteiger partial charge is 0.494 e. The second kappa shape index (κ2) is 10.7. The van der Waals surface area contributed by atoms with Gasteiger partial charge in [-0.2, -0.15) is 0 Å². The molecule has 0 aliphatic heterocycles. The van der Waals surface area contributed by atoms with Crippen LogP contribution in [0.4, 0.5) is 11.6 Å². The average molecular weight is 441 g/mol. The van der Waals surface area contributed by atoms with Crippen LogP contribution in [0.2, 0.25) is 0 Å². The molecule has 2 aromatic heterocycles. The Morgan fingerprint density at radius 1 is 1.10 bits per heavy atom. The van der Waals surface area contributed by atoms with Crippen molar-refractivity contribution in [3.8, 4) is 5.75 Å². The van der Waals surface area contributed by atoms with E-state index in [4.69, 9.17) is 17.0 Å². The van der Waals surface area contributed by atoms with Crippen molar-refractivity contribution in [1.29, 1.82) is 0 Å². The summed E-state index contributed by atoms with van der Waals surface area (Å²) in [6.07, 6.45) is 0. The van der Waals surface area contributed by atoms with Crippen LogP contribution in [-0.2, 0) is 6.54 Å². The van der Waals surface area contributed by atoms with E-state index in [-0.39, 0.29) is 0 Å². The third kappa shape index (κ3) is 6.78. The van der Waals surface area contributed by atoms with Crippen LogP contribution in [0.5, 0.6) is 5.75 Å². The molecule has 0 aliphatic carbocycles. The molecule has 0 radical (unpaired) electrons. The first-order valence-electron chi connectivity index (χ1n) is 9.49. The van der Waals surface area contributed by atoms with Gasteiger partial charge >= 0.3 is 0 Å². The molecule has 0 saturated carbocycles. The number of hydrogen-bond acceptors (Lipinski definition) is 6. The predicted molar refractivity (Wildman–Crippen MR) is 128 cm³/mol. The molecule has 0 unspecified atom stereocenters. The fourth-order valence-corrected chi connectivity index (χ4v) is 3.47. The highest BCUT2D eigenvalue weighted by Gasteiger charge is 2.08. The summed E-state index contributed by atoms with van der Waals surface area (Å²) in [5, 5.41) is 11.8. The lowest BCUT2D eigenvalue weighted by molar-refractivity contribution is 0.340. The molecule has 0 atom stereocenters. The first-order valence-corrected chi connectivity index (χ1v) is 10.8. The number of benzene rings is 1. The minimum Gasteiger partial charge on any atom is -0.494 e. The molecule has 0 aliphatic rings. The van der Waals surface area contributed by atoms with Crippen molar-refractivity contribution in [3.63, 3.8) is 0 Å². The second-order valence-electron chi connectivity index (χ2n) is 6.38. The maximum atomic E-state index is 5.47. The third-order valence-corrected chi connectivity index (χ3v) is 4.91. The first kappa shape index (κ1) is 21.7. The Hall–Kier alpha value is -3.04. The van der Waals surface area contributed by atoms with Crippen molar-refractivity contribution in [2.45, 2.75) is 27.3 Å². The van der Waals surface area contributed by atoms with E-state index < -0.39 is 0 Å². The van der Waals surface area contributed by atoms with Crippen molar-refractivity contribution in [2.24, 2.45) is 4.99 Å². The number of rotatable bonds is 6. The normalized spacial score (nSPS) is 11.1. The van der Waals surface area contributed by atoms with E-state index in [9.17, 15) is 0 Å². The van der Waals surface area contributed by atoms with E-state index >= 15 is 0 Å². The lowest BCUT2D eigenvalue weighted by Crippen LogP contribution is -2.39. The first-order chi connectivity index (χ1) is 14.5. The molecule has 0 spiro atoms. The van der Waals surface area contributed by atoms with Gasteiger partial charge in [-0.15, -0.1) is 11.3 Å². The summed E-state index contributed by atoms with van der Waals surface area (Å²) >= 11 is 7.11. The van der Waals surface area contributed by atoms with Gasteiger partial charge in [0.1, 0.15) is 5.75 Å². The molecular formula is C21H24N6OS2. The molecule has 2 heterocycles. The Labute approximate surface area is 185 Å². The number of hydrogen-bond donors (Lipinski definition) is 3. The molecule has 0 bridgehead atoms.